The van der Waals surface area contributed by atoms with Crippen LogP contribution in [-0.4, -0.2) is 31.7 Å². The van der Waals surface area contributed by atoms with Crippen LogP contribution in [0.5, 0.6) is 0 Å². The molecule has 190 valence electrons. The predicted molar refractivity (Wildman–Crippen MR) is 151 cm³/mol. The molecular formula is C31H27N3O3S. The average Bonchev–Trinajstić information content (AvgIpc) is 3.26. The van der Waals surface area contributed by atoms with Gasteiger partial charge >= 0.3 is 5.97 Å². The fraction of sp³-hybridized carbons (Fsp3) is 0.194. The number of methoxy groups -OCH3 is 1. The minimum Gasteiger partial charge on any atom is -0.465 e. The molecule has 0 N–H and O–H groups in total. The van der Waals surface area contributed by atoms with E-state index < -0.39 is 0 Å². The Labute approximate surface area is 224 Å². The molecule has 0 spiro atoms. The van der Waals surface area contributed by atoms with Gasteiger partial charge in [0.2, 0.25) is 0 Å². The summed E-state index contributed by atoms with van der Waals surface area (Å²) < 4.78 is 7.35. The molecule has 1 aromatic heterocycles. The first kappa shape index (κ1) is 24.1. The number of benzene rings is 3. The van der Waals surface area contributed by atoms with Crippen molar-refractivity contribution in [3.8, 4) is 0 Å². The number of nitrogens with zero attached hydrogens (tertiary/aromatic N) is 3. The maximum atomic E-state index is 13.9. The second-order valence-corrected chi connectivity index (χ2v) is 10.7. The van der Waals surface area contributed by atoms with E-state index in [9.17, 15) is 9.59 Å². The Kier molecular flexibility index (Phi) is 6.08. The summed E-state index contributed by atoms with van der Waals surface area (Å²) in [5, 5.41) is 0. The lowest BCUT2D eigenvalue weighted by Crippen LogP contribution is -2.38. The van der Waals surface area contributed by atoms with Crippen molar-refractivity contribution >= 4 is 34.8 Å². The molecule has 2 heterocycles. The van der Waals surface area contributed by atoms with Crippen LogP contribution in [0.2, 0.25) is 0 Å². The molecule has 3 aromatic carbocycles. The quantitative estimate of drug-likeness (QED) is 0.378. The highest BCUT2D eigenvalue weighted by Crippen LogP contribution is 2.41. The number of allylic oxidation sites excluding steroid dienone is 1. The summed E-state index contributed by atoms with van der Waals surface area (Å²) in [5.41, 5.74) is 7.92. The van der Waals surface area contributed by atoms with Gasteiger partial charge in [-0.15, -0.1) is 0 Å². The normalized spacial score (nSPS) is 16.3. The van der Waals surface area contributed by atoms with Crippen LogP contribution in [0, 0.1) is 0 Å². The summed E-state index contributed by atoms with van der Waals surface area (Å²) in [5.74, 6) is -0.382. The molecule has 0 radical (unpaired) electrons. The van der Waals surface area contributed by atoms with E-state index in [1.165, 1.54) is 24.0 Å². The summed E-state index contributed by atoms with van der Waals surface area (Å²) in [6.45, 7) is 0. The van der Waals surface area contributed by atoms with Crippen LogP contribution >= 0.6 is 11.3 Å². The zero-order valence-corrected chi connectivity index (χ0v) is 22.3. The van der Waals surface area contributed by atoms with E-state index in [1.54, 1.807) is 12.1 Å². The number of anilines is 1. The number of hydrogen-bond acceptors (Lipinski definition) is 6. The van der Waals surface area contributed by atoms with Crippen molar-refractivity contribution in [1.29, 1.82) is 0 Å². The third-order valence-electron chi connectivity index (χ3n) is 7.23. The van der Waals surface area contributed by atoms with Crippen LogP contribution in [0.25, 0.3) is 11.8 Å². The van der Waals surface area contributed by atoms with Gasteiger partial charge in [0.05, 0.1) is 28.9 Å². The molecule has 1 aliphatic heterocycles. The van der Waals surface area contributed by atoms with E-state index in [4.69, 9.17) is 9.73 Å². The van der Waals surface area contributed by atoms with Crippen LogP contribution in [0.15, 0.2) is 88.2 Å². The molecule has 0 fully saturated rings. The van der Waals surface area contributed by atoms with E-state index in [-0.39, 0.29) is 17.6 Å². The van der Waals surface area contributed by atoms with Gasteiger partial charge in [0, 0.05) is 25.3 Å². The molecular weight excluding hydrogens is 494 g/mol. The Morgan fingerprint density at radius 1 is 1.03 bits per heavy atom. The van der Waals surface area contributed by atoms with E-state index >= 15 is 0 Å². The molecule has 6 nitrogen and oxygen atoms in total. The van der Waals surface area contributed by atoms with Crippen LogP contribution in [0.4, 0.5) is 5.69 Å². The SMILES string of the molecule is COC(=O)c1ccc(C2C3=C(N=c4sc(=Cc5ccc(N(C)C)cc5)c(=O)n42)c2ccccc2CC3)cc1. The zero-order valence-electron chi connectivity index (χ0n) is 21.5. The van der Waals surface area contributed by atoms with Crippen molar-refractivity contribution in [3.05, 3.63) is 126 Å². The Hall–Kier alpha value is -4.23. The molecule has 7 heteroatoms. The molecule has 1 atom stereocenters. The Morgan fingerprint density at radius 2 is 1.76 bits per heavy atom. The van der Waals surface area contributed by atoms with Crippen molar-refractivity contribution in [2.24, 2.45) is 4.99 Å². The second kappa shape index (κ2) is 9.58. The fourth-order valence-corrected chi connectivity index (χ4v) is 6.26. The molecule has 38 heavy (non-hydrogen) atoms. The van der Waals surface area contributed by atoms with E-state index in [0.717, 1.165) is 46.5 Å². The molecule has 0 saturated carbocycles. The Bertz CT molecular complexity index is 1760. The molecule has 1 unspecified atom stereocenters. The number of carbonyl (C=O) groups is 1. The number of fused-ring (bicyclic) bond motifs is 3. The number of hydrogen-bond donors (Lipinski definition) is 0. The largest absolute Gasteiger partial charge is 0.465 e. The third kappa shape index (κ3) is 4.09. The first-order valence-corrected chi connectivity index (χ1v) is 13.3. The monoisotopic (exact) mass is 521 g/mol. The van der Waals surface area contributed by atoms with Gasteiger partial charge in [-0.3, -0.25) is 9.36 Å². The summed E-state index contributed by atoms with van der Waals surface area (Å²) in [7, 11) is 5.38. The topological polar surface area (TPSA) is 63.9 Å². The standard InChI is InChI=1S/C31H27N3O3S/c1-33(2)23-15-8-19(9-16-23)18-26-29(35)34-28(21-10-12-22(13-11-21)30(36)37-3)25-17-14-20-6-4-5-7-24(20)27(25)32-31(34)38-26/h4-13,15-16,18,28H,14,17H2,1-3H3. The number of aromatic nitrogens is 1. The van der Waals surface area contributed by atoms with Crippen molar-refractivity contribution in [2.75, 3.05) is 26.1 Å². The van der Waals surface area contributed by atoms with Crippen LogP contribution in [0.3, 0.4) is 0 Å². The number of ether oxygens (including phenoxy) is 1. The van der Waals surface area contributed by atoms with Gasteiger partial charge in [0.1, 0.15) is 0 Å². The number of esters is 1. The van der Waals surface area contributed by atoms with Gasteiger partial charge in [0.25, 0.3) is 5.56 Å². The lowest BCUT2D eigenvalue weighted by Gasteiger charge is -2.30. The van der Waals surface area contributed by atoms with Crippen molar-refractivity contribution in [1.82, 2.24) is 4.57 Å². The fourth-order valence-electron chi connectivity index (χ4n) is 5.26. The minimum absolute atomic E-state index is 0.0575. The van der Waals surface area contributed by atoms with Gasteiger partial charge in [-0.05, 0) is 65.4 Å². The molecule has 0 amide bonds. The van der Waals surface area contributed by atoms with E-state index in [0.29, 0.717) is 14.9 Å². The average molecular weight is 522 g/mol. The molecule has 6 rings (SSSR count). The van der Waals surface area contributed by atoms with Crippen molar-refractivity contribution in [3.63, 3.8) is 0 Å². The van der Waals surface area contributed by atoms with Gasteiger partial charge in [-0.25, -0.2) is 9.79 Å². The first-order chi connectivity index (χ1) is 18.4. The number of thiazole rings is 1. The third-order valence-corrected chi connectivity index (χ3v) is 8.21. The molecule has 4 aromatic rings. The Balaban J connectivity index is 1.54. The van der Waals surface area contributed by atoms with Gasteiger partial charge < -0.3 is 9.64 Å². The lowest BCUT2D eigenvalue weighted by atomic mass is 9.83. The molecule has 2 aliphatic rings. The number of aryl methyl sites for hydroxylation is 1. The van der Waals surface area contributed by atoms with Gasteiger partial charge in [-0.2, -0.15) is 0 Å². The number of carbonyl (C=O) groups excluding carboxylic acids is 1. The van der Waals surface area contributed by atoms with E-state index in [2.05, 4.69) is 18.2 Å². The summed E-state index contributed by atoms with van der Waals surface area (Å²) in [6, 6.07) is 23.6. The van der Waals surface area contributed by atoms with Gasteiger partial charge in [0.15, 0.2) is 4.80 Å². The molecule has 0 saturated heterocycles. The summed E-state index contributed by atoms with van der Waals surface area (Å²) in [4.78, 5) is 33.7. The van der Waals surface area contributed by atoms with Gasteiger partial charge in [-0.1, -0.05) is 59.9 Å². The van der Waals surface area contributed by atoms with Crippen LogP contribution < -0.4 is 19.8 Å². The summed E-state index contributed by atoms with van der Waals surface area (Å²) in [6.07, 6.45) is 3.65. The molecule has 1 aliphatic carbocycles. The maximum Gasteiger partial charge on any atom is 0.337 e. The molecule has 0 bridgehead atoms. The zero-order chi connectivity index (χ0) is 26.4. The predicted octanol–water partition coefficient (Wildman–Crippen LogP) is 4.17. The van der Waals surface area contributed by atoms with E-state index in [1.807, 2.05) is 72.1 Å². The number of rotatable bonds is 4. The minimum atomic E-state index is -0.382. The lowest BCUT2D eigenvalue weighted by molar-refractivity contribution is 0.0600. The van der Waals surface area contributed by atoms with Crippen molar-refractivity contribution in [2.45, 2.75) is 18.9 Å². The highest BCUT2D eigenvalue weighted by molar-refractivity contribution is 7.07. The first-order valence-electron chi connectivity index (χ1n) is 12.5. The van der Waals surface area contributed by atoms with Crippen LogP contribution in [-0.2, 0) is 11.2 Å². The highest BCUT2D eigenvalue weighted by atomic mass is 32.1. The van der Waals surface area contributed by atoms with Crippen LogP contribution in [0.1, 0.15) is 45.1 Å². The maximum absolute atomic E-state index is 13.9. The second-order valence-electron chi connectivity index (χ2n) is 9.71. The highest BCUT2D eigenvalue weighted by Gasteiger charge is 2.32. The smallest absolute Gasteiger partial charge is 0.337 e. The summed E-state index contributed by atoms with van der Waals surface area (Å²) >= 11 is 1.42. The Morgan fingerprint density at radius 3 is 2.47 bits per heavy atom. The van der Waals surface area contributed by atoms with Crippen molar-refractivity contribution < 1.29 is 9.53 Å².